The van der Waals surface area contributed by atoms with E-state index in [1.807, 2.05) is 30.3 Å². The van der Waals surface area contributed by atoms with Crippen LogP contribution in [0.15, 0.2) is 77.2 Å². The van der Waals surface area contributed by atoms with Crippen molar-refractivity contribution in [2.75, 3.05) is 5.32 Å². The number of amides is 1. The summed E-state index contributed by atoms with van der Waals surface area (Å²) < 4.78 is 40.7. The highest BCUT2D eigenvalue weighted by Gasteiger charge is 2.43. The van der Waals surface area contributed by atoms with Gasteiger partial charge in [-0.15, -0.1) is 19.0 Å². The summed E-state index contributed by atoms with van der Waals surface area (Å²) >= 11 is 0. The summed E-state index contributed by atoms with van der Waals surface area (Å²) in [5.74, 6) is 0.0477. The molecule has 0 unspecified atom stereocenters. The molecule has 0 saturated carbocycles. The van der Waals surface area contributed by atoms with Gasteiger partial charge in [0.2, 0.25) is 11.8 Å². The van der Waals surface area contributed by atoms with Crippen LogP contribution in [0.4, 0.5) is 14.5 Å². The van der Waals surface area contributed by atoms with Gasteiger partial charge in [-0.05, 0) is 48.5 Å². The second kappa shape index (κ2) is 7.21. The first-order valence-electron chi connectivity index (χ1n) is 9.17. The third-order valence-corrected chi connectivity index (χ3v) is 4.50. The molecule has 0 aliphatic carbocycles. The summed E-state index contributed by atoms with van der Waals surface area (Å²) in [5, 5.41) is 10.7. The van der Waals surface area contributed by atoms with E-state index in [1.54, 1.807) is 24.3 Å². The van der Waals surface area contributed by atoms with Crippen LogP contribution >= 0.6 is 0 Å². The molecule has 1 amide bonds. The van der Waals surface area contributed by atoms with Crippen molar-refractivity contribution in [2.45, 2.75) is 6.29 Å². The number of anilines is 1. The van der Waals surface area contributed by atoms with E-state index >= 15 is 0 Å². The van der Waals surface area contributed by atoms with Crippen LogP contribution in [0.25, 0.3) is 22.9 Å². The topological polar surface area (TPSA) is 86.5 Å². The lowest BCUT2D eigenvalue weighted by Crippen LogP contribution is -2.25. The van der Waals surface area contributed by atoms with E-state index in [2.05, 4.69) is 25.0 Å². The van der Waals surface area contributed by atoms with E-state index in [0.717, 1.165) is 5.56 Å². The van der Waals surface area contributed by atoms with Gasteiger partial charge in [0, 0.05) is 28.4 Å². The highest BCUT2D eigenvalue weighted by atomic mass is 19.3. The molecule has 1 N–H and O–H groups in total. The second-order valence-electron chi connectivity index (χ2n) is 6.64. The van der Waals surface area contributed by atoms with Crippen LogP contribution in [0.5, 0.6) is 11.5 Å². The summed E-state index contributed by atoms with van der Waals surface area (Å²) in [4.78, 5) is 12.5. The molecule has 1 aromatic heterocycles. The van der Waals surface area contributed by atoms with E-state index in [9.17, 15) is 13.6 Å². The van der Waals surface area contributed by atoms with Gasteiger partial charge in [0.15, 0.2) is 11.5 Å². The van der Waals surface area contributed by atoms with Crippen molar-refractivity contribution in [1.29, 1.82) is 0 Å². The zero-order valence-corrected chi connectivity index (χ0v) is 15.7. The van der Waals surface area contributed by atoms with Crippen LogP contribution in [0.1, 0.15) is 10.4 Å². The van der Waals surface area contributed by atoms with Crippen LogP contribution in [0.2, 0.25) is 0 Å². The van der Waals surface area contributed by atoms with Gasteiger partial charge >= 0.3 is 6.29 Å². The molecular weight excluding hydrogens is 408 g/mol. The molecule has 2 heterocycles. The predicted molar refractivity (Wildman–Crippen MR) is 106 cm³/mol. The maximum Gasteiger partial charge on any atom is 0.586 e. The molecule has 154 valence electrons. The fraction of sp³-hybridized carbons (Fsp3) is 0.0455. The Labute approximate surface area is 174 Å². The number of hydrogen-bond acceptors (Lipinski definition) is 6. The Bertz CT molecular complexity index is 1260. The standard InChI is InChI=1S/C22H13F2N3O4/c23-22(24)30-17-11-10-16(12-18(17)31-22)25-19(28)13-6-8-15(9-7-13)21-27-26-20(29-21)14-4-2-1-3-5-14/h1-12H,(H,25,28). The largest absolute Gasteiger partial charge is 0.586 e. The quantitative estimate of drug-likeness (QED) is 0.500. The highest BCUT2D eigenvalue weighted by molar-refractivity contribution is 6.04. The lowest BCUT2D eigenvalue weighted by Gasteiger charge is -2.06. The average Bonchev–Trinajstić information content (AvgIpc) is 3.37. The molecule has 0 radical (unpaired) electrons. The molecule has 31 heavy (non-hydrogen) atoms. The van der Waals surface area contributed by atoms with Gasteiger partial charge < -0.3 is 19.2 Å². The van der Waals surface area contributed by atoms with Gasteiger partial charge in [0.25, 0.3) is 5.91 Å². The maximum absolute atomic E-state index is 13.1. The number of benzene rings is 3. The number of aromatic nitrogens is 2. The van der Waals surface area contributed by atoms with Crippen molar-refractivity contribution in [1.82, 2.24) is 10.2 Å². The van der Waals surface area contributed by atoms with E-state index in [-0.39, 0.29) is 11.5 Å². The Morgan fingerprint density at radius 3 is 2.16 bits per heavy atom. The van der Waals surface area contributed by atoms with Crippen molar-refractivity contribution in [3.8, 4) is 34.4 Å². The predicted octanol–water partition coefficient (Wildman–Crippen LogP) is 4.98. The van der Waals surface area contributed by atoms with Crippen molar-refractivity contribution in [2.24, 2.45) is 0 Å². The molecule has 5 rings (SSSR count). The number of carbonyl (C=O) groups excluding carboxylic acids is 1. The Hall–Kier alpha value is -4.27. The Balaban J connectivity index is 1.30. The first-order valence-corrected chi connectivity index (χ1v) is 9.17. The Morgan fingerprint density at radius 2 is 1.45 bits per heavy atom. The summed E-state index contributed by atoms with van der Waals surface area (Å²) in [6.45, 7) is 0. The van der Waals surface area contributed by atoms with Gasteiger partial charge in [0.1, 0.15) is 0 Å². The number of nitrogens with one attached hydrogen (secondary N) is 1. The number of ether oxygens (including phenoxy) is 2. The van der Waals surface area contributed by atoms with E-state index in [4.69, 9.17) is 4.42 Å². The summed E-state index contributed by atoms with van der Waals surface area (Å²) in [5.41, 5.74) is 2.10. The molecule has 0 spiro atoms. The van der Waals surface area contributed by atoms with Crippen molar-refractivity contribution >= 4 is 11.6 Å². The third-order valence-electron chi connectivity index (χ3n) is 4.50. The minimum atomic E-state index is -3.71. The zero-order chi connectivity index (χ0) is 21.4. The normalized spacial score (nSPS) is 13.7. The summed E-state index contributed by atoms with van der Waals surface area (Å²) in [7, 11) is 0. The molecule has 0 fully saturated rings. The molecular formula is C22H13F2N3O4. The van der Waals surface area contributed by atoms with Crippen molar-refractivity contribution in [3.05, 3.63) is 78.4 Å². The molecule has 4 aromatic rings. The SMILES string of the molecule is O=C(Nc1ccc2c(c1)OC(F)(F)O2)c1ccc(-c2nnc(-c3ccccc3)o2)cc1. The van der Waals surface area contributed by atoms with Crippen LogP contribution in [-0.4, -0.2) is 22.4 Å². The molecule has 1 aliphatic rings. The van der Waals surface area contributed by atoms with Crippen LogP contribution in [-0.2, 0) is 0 Å². The third kappa shape index (κ3) is 3.80. The van der Waals surface area contributed by atoms with Crippen molar-refractivity contribution in [3.63, 3.8) is 0 Å². The zero-order valence-electron chi connectivity index (χ0n) is 15.7. The fourth-order valence-electron chi connectivity index (χ4n) is 3.03. The van der Waals surface area contributed by atoms with Gasteiger partial charge in [-0.1, -0.05) is 18.2 Å². The number of halogens is 2. The molecule has 0 saturated heterocycles. The Kier molecular flexibility index (Phi) is 4.36. The van der Waals surface area contributed by atoms with Gasteiger partial charge in [0.05, 0.1) is 0 Å². The number of carbonyl (C=O) groups is 1. The summed E-state index contributed by atoms with van der Waals surface area (Å²) in [6, 6.07) is 19.9. The molecule has 0 atom stereocenters. The maximum atomic E-state index is 13.1. The monoisotopic (exact) mass is 421 g/mol. The lowest BCUT2D eigenvalue weighted by atomic mass is 10.1. The fourth-order valence-corrected chi connectivity index (χ4v) is 3.03. The number of nitrogens with zero attached hydrogens (tertiary/aromatic N) is 2. The minimum absolute atomic E-state index is 0.0956. The molecule has 0 bridgehead atoms. The smallest absolute Gasteiger partial charge is 0.416 e. The Morgan fingerprint density at radius 1 is 0.806 bits per heavy atom. The second-order valence-corrected chi connectivity index (χ2v) is 6.64. The number of fused-ring (bicyclic) bond motifs is 1. The average molecular weight is 421 g/mol. The van der Waals surface area contributed by atoms with Gasteiger partial charge in [-0.3, -0.25) is 4.79 Å². The molecule has 9 heteroatoms. The first-order chi connectivity index (χ1) is 15.0. The van der Waals surface area contributed by atoms with Crippen molar-refractivity contribution < 1.29 is 27.5 Å². The number of alkyl halides is 2. The molecule has 1 aliphatic heterocycles. The van der Waals surface area contributed by atoms with Crippen LogP contribution < -0.4 is 14.8 Å². The first kappa shape index (κ1) is 18.7. The van der Waals surface area contributed by atoms with Gasteiger partial charge in [-0.2, -0.15) is 0 Å². The van der Waals surface area contributed by atoms with E-state index in [0.29, 0.717) is 28.6 Å². The van der Waals surface area contributed by atoms with Crippen LogP contribution in [0.3, 0.4) is 0 Å². The van der Waals surface area contributed by atoms with Gasteiger partial charge in [-0.25, -0.2) is 0 Å². The molecule has 3 aromatic carbocycles. The minimum Gasteiger partial charge on any atom is -0.416 e. The van der Waals surface area contributed by atoms with E-state index in [1.165, 1.54) is 18.2 Å². The van der Waals surface area contributed by atoms with Crippen LogP contribution in [0, 0.1) is 0 Å². The molecule has 7 nitrogen and oxygen atoms in total. The number of rotatable bonds is 4. The highest BCUT2D eigenvalue weighted by Crippen LogP contribution is 2.42. The van der Waals surface area contributed by atoms with E-state index < -0.39 is 12.2 Å². The lowest BCUT2D eigenvalue weighted by molar-refractivity contribution is -0.286. The number of hydrogen-bond donors (Lipinski definition) is 1. The summed E-state index contributed by atoms with van der Waals surface area (Å²) in [6.07, 6.45) is -3.71.